The van der Waals surface area contributed by atoms with E-state index in [1.807, 2.05) is 13.8 Å². The predicted octanol–water partition coefficient (Wildman–Crippen LogP) is 8.25. The van der Waals surface area contributed by atoms with Crippen molar-refractivity contribution < 1.29 is 42.9 Å². The molecule has 47 heavy (non-hydrogen) atoms. The summed E-state index contributed by atoms with van der Waals surface area (Å²) in [6.07, 6.45) is 1.55. The van der Waals surface area contributed by atoms with Crippen LogP contribution in [0.5, 0.6) is 28.7 Å². The second kappa shape index (κ2) is 15.4. The van der Waals surface area contributed by atoms with E-state index >= 15 is 0 Å². The molecule has 0 aliphatic heterocycles. The number of benzene rings is 3. The summed E-state index contributed by atoms with van der Waals surface area (Å²) in [5, 5.41) is 0. The lowest BCUT2D eigenvalue weighted by Gasteiger charge is -2.17. The van der Waals surface area contributed by atoms with E-state index in [0.717, 1.165) is 5.57 Å². The van der Waals surface area contributed by atoms with Gasteiger partial charge in [0.1, 0.15) is 28.7 Å². The molecule has 242 valence electrons. The van der Waals surface area contributed by atoms with Gasteiger partial charge >= 0.3 is 23.9 Å². The number of carbonyl (C=O) groups is 4. The van der Waals surface area contributed by atoms with Gasteiger partial charge in [0.25, 0.3) is 0 Å². The summed E-state index contributed by atoms with van der Waals surface area (Å²) >= 11 is 0. The number of rotatable bonds is 12. The summed E-state index contributed by atoms with van der Waals surface area (Å²) in [4.78, 5) is 49.5. The summed E-state index contributed by atoms with van der Waals surface area (Å²) < 4.78 is 28.1. The van der Waals surface area contributed by atoms with Crippen LogP contribution in [-0.4, -0.2) is 23.9 Å². The van der Waals surface area contributed by atoms with E-state index in [1.165, 1.54) is 39.8 Å². The second-order valence-corrected chi connectivity index (χ2v) is 11.0. The predicted molar refractivity (Wildman–Crippen MR) is 179 cm³/mol. The van der Waals surface area contributed by atoms with Crippen molar-refractivity contribution in [2.24, 2.45) is 0 Å². The maximum absolute atomic E-state index is 12.6. The van der Waals surface area contributed by atoms with E-state index in [2.05, 4.69) is 26.3 Å². The van der Waals surface area contributed by atoms with Crippen molar-refractivity contribution in [3.8, 4) is 51.0 Å². The molecule has 0 spiro atoms. The number of ether oxygens (including phenoxy) is 5. The van der Waals surface area contributed by atoms with Crippen LogP contribution in [0.1, 0.15) is 41.5 Å². The van der Waals surface area contributed by atoms with E-state index in [4.69, 9.17) is 23.7 Å². The highest BCUT2D eigenvalue weighted by Crippen LogP contribution is 2.43. The van der Waals surface area contributed by atoms with Gasteiger partial charge in [0.05, 0.1) is 6.26 Å². The molecular formula is C38H36O9. The molecule has 0 aliphatic rings. The van der Waals surface area contributed by atoms with E-state index in [9.17, 15) is 19.2 Å². The van der Waals surface area contributed by atoms with Gasteiger partial charge < -0.3 is 23.7 Å². The summed E-state index contributed by atoms with van der Waals surface area (Å²) in [7, 11) is 0. The molecule has 0 saturated carbocycles. The minimum atomic E-state index is -0.686. The van der Waals surface area contributed by atoms with Crippen LogP contribution in [0, 0.1) is 0 Å². The zero-order chi connectivity index (χ0) is 35.0. The van der Waals surface area contributed by atoms with Gasteiger partial charge in [-0.1, -0.05) is 32.4 Å². The highest BCUT2D eigenvalue weighted by Gasteiger charge is 2.21. The van der Waals surface area contributed by atoms with Gasteiger partial charge in [-0.2, -0.15) is 0 Å². The zero-order valence-corrected chi connectivity index (χ0v) is 27.3. The molecule has 9 nitrogen and oxygen atoms in total. The van der Waals surface area contributed by atoms with Crippen molar-refractivity contribution in [1.82, 2.24) is 0 Å². The summed E-state index contributed by atoms with van der Waals surface area (Å²) in [5.74, 6) is -1.84. The Morgan fingerprint density at radius 3 is 1.32 bits per heavy atom. The molecular weight excluding hydrogens is 600 g/mol. The quantitative estimate of drug-likeness (QED) is 0.0839. The largest absolute Gasteiger partial charge is 0.464 e. The highest BCUT2D eigenvalue weighted by molar-refractivity contribution is 5.93. The van der Waals surface area contributed by atoms with Crippen molar-refractivity contribution in [3.63, 3.8) is 0 Å². The van der Waals surface area contributed by atoms with Crippen molar-refractivity contribution in [3.05, 3.63) is 115 Å². The van der Waals surface area contributed by atoms with Crippen molar-refractivity contribution in [2.45, 2.75) is 41.5 Å². The molecule has 0 bridgehead atoms. The van der Waals surface area contributed by atoms with Crippen molar-refractivity contribution >= 4 is 23.9 Å². The molecule has 0 heterocycles. The first-order valence-electron chi connectivity index (χ1n) is 14.3. The Balaban J connectivity index is 2.23. The fourth-order valence-electron chi connectivity index (χ4n) is 3.72. The highest BCUT2D eigenvalue weighted by atomic mass is 16.6. The third kappa shape index (κ3) is 9.51. The van der Waals surface area contributed by atoms with Crippen LogP contribution in [-0.2, 0) is 19.2 Å². The van der Waals surface area contributed by atoms with Crippen LogP contribution >= 0.6 is 0 Å². The van der Waals surface area contributed by atoms with Crippen LogP contribution in [0.4, 0.5) is 0 Å². The molecule has 0 radical (unpaired) electrons. The standard InChI is InChI=1S/C38H36O9/c1-21(2)20-43-32-17-26(29-15-12-27(44-35(39)22(3)4)18-33(29)46-37(41)24(7)8)11-14-30(32)31-16-13-28(45-36(40)23(5)6)19-34(31)47-38(42)25(9)10/h11-20H,3,5,7,9H2,1-2,4,6,8,10H3. The first-order chi connectivity index (χ1) is 22.1. The van der Waals surface area contributed by atoms with E-state index in [0.29, 0.717) is 28.0 Å². The lowest BCUT2D eigenvalue weighted by atomic mass is 9.97. The fraction of sp³-hybridized carbons (Fsp3) is 0.158. The lowest BCUT2D eigenvalue weighted by molar-refractivity contribution is -0.131. The molecule has 0 saturated heterocycles. The molecule has 3 aromatic carbocycles. The van der Waals surface area contributed by atoms with Crippen LogP contribution in [0.15, 0.2) is 115 Å². The number of hydrogen-bond acceptors (Lipinski definition) is 9. The van der Waals surface area contributed by atoms with Crippen LogP contribution in [0.25, 0.3) is 22.3 Å². The zero-order valence-electron chi connectivity index (χ0n) is 27.3. The Morgan fingerprint density at radius 2 is 0.872 bits per heavy atom. The fourth-order valence-corrected chi connectivity index (χ4v) is 3.72. The van der Waals surface area contributed by atoms with Crippen molar-refractivity contribution in [1.29, 1.82) is 0 Å². The third-order valence-corrected chi connectivity index (χ3v) is 6.13. The molecule has 0 amide bonds. The summed E-state index contributed by atoms with van der Waals surface area (Å²) in [6, 6.07) is 14.4. The Bertz CT molecular complexity index is 1850. The summed E-state index contributed by atoms with van der Waals surface area (Å²) in [5.41, 5.74) is 3.57. The van der Waals surface area contributed by atoms with Crippen molar-refractivity contribution in [2.75, 3.05) is 0 Å². The Kier molecular flexibility index (Phi) is 11.6. The molecule has 0 aromatic heterocycles. The minimum Gasteiger partial charge on any atom is -0.464 e. The summed E-state index contributed by atoms with van der Waals surface area (Å²) in [6.45, 7) is 24.2. The number of esters is 4. The van der Waals surface area contributed by atoms with Crippen LogP contribution in [0.3, 0.4) is 0 Å². The third-order valence-electron chi connectivity index (χ3n) is 6.13. The van der Waals surface area contributed by atoms with Gasteiger partial charge in [-0.05, 0) is 89.1 Å². The molecule has 0 N–H and O–H groups in total. The van der Waals surface area contributed by atoms with E-state index in [1.54, 1.807) is 48.7 Å². The second-order valence-electron chi connectivity index (χ2n) is 11.0. The molecule has 3 rings (SSSR count). The molecule has 0 fully saturated rings. The first kappa shape index (κ1) is 35.5. The molecule has 0 aliphatic carbocycles. The molecule has 9 heteroatoms. The first-order valence-corrected chi connectivity index (χ1v) is 14.3. The smallest absolute Gasteiger partial charge is 0.338 e. The Labute approximate surface area is 274 Å². The maximum atomic E-state index is 12.6. The van der Waals surface area contributed by atoms with Gasteiger partial charge in [-0.15, -0.1) is 0 Å². The number of hydrogen-bond donors (Lipinski definition) is 0. The maximum Gasteiger partial charge on any atom is 0.338 e. The number of carbonyl (C=O) groups excluding carboxylic acids is 4. The van der Waals surface area contributed by atoms with Gasteiger partial charge in [0, 0.05) is 51.1 Å². The van der Waals surface area contributed by atoms with E-state index in [-0.39, 0.29) is 45.3 Å². The van der Waals surface area contributed by atoms with Gasteiger partial charge in [0.2, 0.25) is 0 Å². The monoisotopic (exact) mass is 636 g/mol. The van der Waals surface area contributed by atoms with E-state index < -0.39 is 23.9 Å². The number of allylic oxidation sites excluding steroid dienone is 1. The molecule has 0 unspecified atom stereocenters. The average Bonchev–Trinajstić information content (AvgIpc) is 3.00. The Morgan fingerprint density at radius 1 is 0.489 bits per heavy atom. The normalized spacial score (nSPS) is 10.2. The van der Waals surface area contributed by atoms with Gasteiger partial charge in [-0.25, -0.2) is 19.2 Å². The lowest BCUT2D eigenvalue weighted by Crippen LogP contribution is -2.11. The van der Waals surface area contributed by atoms with Crippen LogP contribution in [0.2, 0.25) is 0 Å². The van der Waals surface area contributed by atoms with Crippen LogP contribution < -0.4 is 23.7 Å². The molecule has 0 atom stereocenters. The Hall–Kier alpha value is -5.96. The minimum absolute atomic E-state index is 0.0829. The molecule has 3 aromatic rings. The van der Waals surface area contributed by atoms with Gasteiger partial charge in [0.15, 0.2) is 0 Å². The topological polar surface area (TPSA) is 114 Å². The average molecular weight is 637 g/mol. The van der Waals surface area contributed by atoms with Gasteiger partial charge in [-0.3, -0.25) is 0 Å². The SMILES string of the molecule is C=C(C)C(=O)Oc1ccc(-c2ccc(-c3ccc(OC(=O)C(=C)C)cc3OC(=O)C(=C)C)c(OC=C(C)C)c2)c(OC(=O)C(=C)C)c1.